The Morgan fingerprint density at radius 3 is 1.76 bits per heavy atom. The second-order valence-electron chi connectivity index (χ2n) is 20.6. The molecule has 4 aliphatic carbocycles. The third-order valence-corrected chi connectivity index (χ3v) is 16.6. The Morgan fingerprint density at radius 2 is 1.10 bits per heavy atom. The van der Waals surface area contributed by atoms with Crippen molar-refractivity contribution >= 4 is 17.1 Å². The maximum Gasteiger partial charge on any atom is 0.0465 e. The Balaban J connectivity index is 0.959. The minimum absolute atomic E-state index is 0.0605. The first-order valence-corrected chi connectivity index (χ1v) is 24.2. The molecule has 3 saturated carbocycles. The van der Waals surface area contributed by atoms with E-state index in [1.165, 1.54) is 118 Å². The van der Waals surface area contributed by atoms with Gasteiger partial charge in [-0.3, -0.25) is 0 Å². The first-order chi connectivity index (χ1) is 30.8. The summed E-state index contributed by atoms with van der Waals surface area (Å²) in [6.07, 6.45) is 10.7. The minimum atomic E-state index is -0.0661. The van der Waals surface area contributed by atoms with Crippen molar-refractivity contribution in [3.05, 3.63) is 220 Å². The number of fused-ring (bicyclic) bond motifs is 5. The van der Waals surface area contributed by atoms with E-state index >= 15 is 0 Å². The summed E-state index contributed by atoms with van der Waals surface area (Å²) in [6.45, 7) is 9.68. The second-order valence-corrected chi connectivity index (χ2v) is 20.6. The molecule has 6 unspecified atom stereocenters. The zero-order chi connectivity index (χ0) is 42.7. The van der Waals surface area contributed by atoms with Crippen LogP contribution in [-0.4, -0.2) is 0 Å². The molecule has 7 aromatic carbocycles. The normalized spacial score (nSPS) is 23.6. The van der Waals surface area contributed by atoms with Gasteiger partial charge in [0.15, 0.2) is 0 Å². The molecule has 0 saturated heterocycles. The zero-order valence-electron chi connectivity index (χ0n) is 37.8. The fourth-order valence-corrected chi connectivity index (χ4v) is 13.5. The van der Waals surface area contributed by atoms with E-state index in [2.05, 4.69) is 209 Å². The van der Waals surface area contributed by atoms with Crippen molar-refractivity contribution in [3.8, 4) is 11.1 Å². The summed E-state index contributed by atoms with van der Waals surface area (Å²) in [5.41, 5.74) is 17.6. The van der Waals surface area contributed by atoms with Gasteiger partial charge in [0, 0.05) is 33.8 Å². The Bertz CT molecular complexity index is 2690. The van der Waals surface area contributed by atoms with E-state index in [0.29, 0.717) is 11.8 Å². The molecule has 316 valence electrons. The molecule has 6 atom stereocenters. The fourth-order valence-electron chi connectivity index (χ4n) is 13.5. The van der Waals surface area contributed by atoms with Crippen molar-refractivity contribution in [3.63, 3.8) is 0 Å². The molecule has 7 aromatic rings. The van der Waals surface area contributed by atoms with Crippen LogP contribution in [-0.2, 0) is 10.8 Å². The van der Waals surface area contributed by atoms with Gasteiger partial charge in [-0.05, 0) is 154 Å². The molecule has 11 rings (SSSR count). The van der Waals surface area contributed by atoms with Gasteiger partial charge >= 0.3 is 0 Å². The summed E-state index contributed by atoms with van der Waals surface area (Å²) in [6, 6.07) is 67.8. The molecule has 2 bridgehead atoms. The Labute approximate surface area is 377 Å². The summed E-state index contributed by atoms with van der Waals surface area (Å²) in [5, 5.41) is 0. The molecule has 0 aromatic heterocycles. The van der Waals surface area contributed by atoms with E-state index < -0.39 is 0 Å². The quantitative estimate of drug-likeness (QED) is 0.124. The molecular weight excluding hydrogens is 759 g/mol. The van der Waals surface area contributed by atoms with Gasteiger partial charge in [0.25, 0.3) is 0 Å². The first kappa shape index (κ1) is 40.1. The van der Waals surface area contributed by atoms with Crippen LogP contribution < -0.4 is 4.90 Å². The molecule has 0 amide bonds. The van der Waals surface area contributed by atoms with Crippen molar-refractivity contribution < 1.29 is 0 Å². The first-order valence-electron chi connectivity index (χ1n) is 24.2. The van der Waals surface area contributed by atoms with Crippen molar-refractivity contribution in [1.29, 1.82) is 0 Å². The lowest BCUT2D eigenvalue weighted by Crippen LogP contribution is -2.42. The monoisotopic (exact) mass is 821 g/mol. The molecule has 0 aliphatic heterocycles. The lowest BCUT2D eigenvalue weighted by molar-refractivity contribution is 0.170. The smallest absolute Gasteiger partial charge is 0.0465 e. The zero-order valence-corrected chi connectivity index (χ0v) is 37.8. The summed E-state index contributed by atoms with van der Waals surface area (Å²) in [4.78, 5) is 2.46. The molecule has 63 heavy (non-hydrogen) atoms. The van der Waals surface area contributed by atoms with Crippen LogP contribution in [0.1, 0.15) is 135 Å². The van der Waals surface area contributed by atoms with Gasteiger partial charge in [0.1, 0.15) is 0 Å². The maximum atomic E-state index is 2.52. The van der Waals surface area contributed by atoms with E-state index in [9.17, 15) is 0 Å². The van der Waals surface area contributed by atoms with Gasteiger partial charge in [-0.25, -0.2) is 0 Å². The third-order valence-electron chi connectivity index (χ3n) is 16.6. The van der Waals surface area contributed by atoms with E-state index in [1.54, 1.807) is 5.56 Å². The Kier molecular flexibility index (Phi) is 10.3. The molecular formula is C62H63N. The highest BCUT2D eigenvalue weighted by Crippen LogP contribution is 2.55. The number of benzene rings is 7. The van der Waals surface area contributed by atoms with Gasteiger partial charge in [-0.1, -0.05) is 186 Å². The standard InChI is InChI=1S/C62H63N/c1-42(2)57-20-13-14-38-62(57,49-30-28-47(29-31-49)60(45-15-7-5-8-16-45)46-26-24-44(25-27-46)56-40-43-22-23-48(56)39-43)50-32-34-52(35-33-50)63(51-17-9-6-10-18-51)53-36-37-55-54-19-11-12-21-58(54)61(3,4)59(55)41-53/h5-12,15-19,21,24-37,41-43,48,56-57,60H,13-14,20,22-23,38-40H2,1-4H3. The summed E-state index contributed by atoms with van der Waals surface area (Å²) >= 11 is 0. The van der Waals surface area contributed by atoms with Crippen LogP contribution in [0.15, 0.2) is 176 Å². The lowest BCUT2D eigenvalue weighted by Gasteiger charge is -2.48. The van der Waals surface area contributed by atoms with E-state index in [0.717, 1.165) is 17.8 Å². The van der Waals surface area contributed by atoms with Gasteiger partial charge in [0.2, 0.25) is 0 Å². The molecule has 0 N–H and O–H groups in total. The predicted molar refractivity (Wildman–Crippen MR) is 265 cm³/mol. The highest BCUT2D eigenvalue weighted by atomic mass is 15.1. The number of hydrogen-bond acceptors (Lipinski definition) is 1. The van der Waals surface area contributed by atoms with Crippen LogP contribution in [0.4, 0.5) is 17.1 Å². The van der Waals surface area contributed by atoms with Crippen LogP contribution in [0.2, 0.25) is 0 Å². The summed E-state index contributed by atoms with van der Waals surface area (Å²) < 4.78 is 0. The van der Waals surface area contributed by atoms with E-state index in [1.807, 2.05) is 0 Å². The second kappa shape index (κ2) is 16.2. The van der Waals surface area contributed by atoms with Gasteiger partial charge < -0.3 is 4.90 Å². The molecule has 4 aliphatic rings. The number of para-hydroxylation sites is 1. The van der Waals surface area contributed by atoms with Crippen LogP contribution in [0.25, 0.3) is 11.1 Å². The number of hydrogen-bond donors (Lipinski definition) is 0. The van der Waals surface area contributed by atoms with Crippen LogP contribution in [0, 0.1) is 23.7 Å². The van der Waals surface area contributed by atoms with Gasteiger partial charge in [0.05, 0.1) is 0 Å². The van der Waals surface area contributed by atoms with Crippen LogP contribution in [0.5, 0.6) is 0 Å². The van der Waals surface area contributed by atoms with Crippen molar-refractivity contribution in [1.82, 2.24) is 0 Å². The predicted octanol–water partition coefficient (Wildman–Crippen LogP) is 16.7. The molecule has 0 radical (unpaired) electrons. The van der Waals surface area contributed by atoms with E-state index in [4.69, 9.17) is 0 Å². The highest BCUT2D eigenvalue weighted by molar-refractivity contribution is 5.85. The topological polar surface area (TPSA) is 3.24 Å². The highest BCUT2D eigenvalue weighted by Gasteiger charge is 2.45. The van der Waals surface area contributed by atoms with Crippen molar-refractivity contribution in [2.24, 2.45) is 23.7 Å². The maximum absolute atomic E-state index is 2.52. The molecule has 0 heterocycles. The van der Waals surface area contributed by atoms with Crippen molar-refractivity contribution in [2.75, 3.05) is 4.90 Å². The van der Waals surface area contributed by atoms with Crippen LogP contribution >= 0.6 is 0 Å². The fraction of sp³-hybridized carbons (Fsp3) is 0.323. The average Bonchev–Trinajstić information content (AvgIpc) is 4.03. The van der Waals surface area contributed by atoms with Crippen molar-refractivity contribution in [2.45, 2.75) is 102 Å². The van der Waals surface area contributed by atoms with Crippen LogP contribution in [0.3, 0.4) is 0 Å². The Hall–Kier alpha value is -5.66. The molecule has 3 fully saturated rings. The SMILES string of the molecule is CC(C)C1CCCCC1(c1ccc(C(c2ccccc2)c2ccc(C3CC4CCC3C4)cc2)cc1)c1ccc(N(c2ccccc2)c2ccc3c(c2)C(C)(C)c2ccccc2-3)cc1. The average molecular weight is 822 g/mol. The number of nitrogens with zero attached hydrogens (tertiary/aromatic N) is 1. The minimum Gasteiger partial charge on any atom is -0.310 e. The molecule has 1 heteroatoms. The summed E-state index contributed by atoms with van der Waals surface area (Å²) in [5.74, 6) is 3.93. The molecule has 0 spiro atoms. The lowest BCUT2D eigenvalue weighted by atomic mass is 9.56. The van der Waals surface area contributed by atoms with Gasteiger partial charge in [-0.15, -0.1) is 0 Å². The number of rotatable bonds is 10. The summed E-state index contributed by atoms with van der Waals surface area (Å²) in [7, 11) is 0. The van der Waals surface area contributed by atoms with Gasteiger partial charge in [-0.2, -0.15) is 0 Å². The van der Waals surface area contributed by atoms with E-state index in [-0.39, 0.29) is 16.7 Å². The molecule has 1 nitrogen and oxygen atoms in total. The number of anilines is 3. The third kappa shape index (κ3) is 6.89. The Morgan fingerprint density at radius 1 is 0.508 bits per heavy atom. The largest absolute Gasteiger partial charge is 0.310 e.